The van der Waals surface area contributed by atoms with Gasteiger partial charge in [-0.2, -0.15) is 25.8 Å². The van der Waals surface area contributed by atoms with Crippen LogP contribution in [0.2, 0.25) is 0 Å². The van der Waals surface area contributed by atoms with Gasteiger partial charge < -0.3 is 0 Å². The average molecular weight is 282 g/mol. The van der Waals surface area contributed by atoms with Gasteiger partial charge in [-0.15, -0.1) is 8.58 Å². The maximum Gasteiger partial charge on any atom is 0.416 e. The lowest BCUT2D eigenvalue weighted by Crippen LogP contribution is -2.13. The summed E-state index contributed by atoms with van der Waals surface area (Å²) in [5.41, 5.74) is 0.0181. The van der Waals surface area contributed by atoms with Gasteiger partial charge in [-0.1, -0.05) is 38.5 Å². The quantitative estimate of drug-likeness (QED) is 0.551. The molecule has 1 aliphatic carbocycles. The molecule has 0 aliphatic heterocycles. The zero-order valence-electron chi connectivity index (χ0n) is 10.2. The first-order valence-corrected chi connectivity index (χ1v) is 7.10. The van der Waals surface area contributed by atoms with Crippen molar-refractivity contribution in [2.24, 2.45) is 0 Å². The zero-order chi connectivity index (χ0) is 13.3. The van der Waals surface area contributed by atoms with Gasteiger partial charge in [0.2, 0.25) is 0 Å². The van der Waals surface area contributed by atoms with Crippen molar-refractivity contribution in [2.45, 2.75) is 49.9 Å². The van der Waals surface area contributed by atoms with Crippen LogP contribution in [0.1, 0.15) is 33.6 Å². The van der Waals surface area contributed by atoms with Gasteiger partial charge >= 0.3 is 6.18 Å². The third kappa shape index (κ3) is 5.05. The predicted octanol–water partition coefficient (Wildman–Crippen LogP) is 4.93. The third-order valence-electron chi connectivity index (χ3n) is 2.37. The van der Waals surface area contributed by atoms with Crippen LogP contribution < -0.4 is 0 Å². The average Bonchev–Trinajstić information content (AvgIpc) is 2.46. The van der Waals surface area contributed by atoms with E-state index in [-0.39, 0.29) is 10.1 Å². The van der Waals surface area contributed by atoms with Crippen LogP contribution in [0.15, 0.2) is 23.3 Å². The van der Waals surface area contributed by atoms with E-state index < -0.39 is 11.7 Å². The van der Waals surface area contributed by atoms with E-state index in [0.29, 0.717) is 27.0 Å². The smallest absolute Gasteiger partial charge is 0.171 e. The van der Waals surface area contributed by atoms with Crippen molar-refractivity contribution in [1.82, 2.24) is 0 Å². The molecule has 2 unspecified atom stereocenters. The van der Waals surface area contributed by atoms with Crippen molar-refractivity contribution in [3.63, 3.8) is 0 Å². The van der Waals surface area contributed by atoms with Crippen LogP contribution in [0.3, 0.4) is 0 Å². The fraction of sp³-hybridized carbons (Fsp3) is 0.667. The summed E-state index contributed by atoms with van der Waals surface area (Å²) in [4.78, 5) is 0.0160. The van der Waals surface area contributed by atoms with Gasteiger partial charge in [-0.25, -0.2) is 0 Å². The summed E-state index contributed by atoms with van der Waals surface area (Å²) in [5, 5.41) is 0.122. The molecule has 1 aliphatic rings. The number of hydrogen-bond acceptors (Lipinski definition) is 1. The van der Waals surface area contributed by atoms with Crippen LogP contribution in [-0.2, 0) is 0 Å². The summed E-state index contributed by atoms with van der Waals surface area (Å²) in [6.07, 6.45) is -0.600. The van der Waals surface area contributed by atoms with Crippen LogP contribution in [-0.4, -0.2) is 16.3 Å². The molecule has 0 fully saturated rings. The molecule has 0 N–H and O–H groups in total. The van der Waals surface area contributed by atoms with E-state index in [9.17, 15) is 13.2 Å². The molecule has 0 aromatic heterocycles. The Hall–Kier alpha value is 0.0500. The van der Waals surface area contributed by atoms with Gasteiger partial charge in [0, 0.05) is 4.99 Å². The minimum absolute atomic E-state index is 0.0160. The highest BCUT2D eigenvalue weighted by Crippen LogP contribution is 2.43. The molecule has 0 nitrogen and oxygen atoms in total. The van der Waals surface area contributed by atoms with Crippen molar-refractivity contribution in [2.75, 3.05) is 0 Å². The van der Waals surface area contributed by atoms with Crippen molar-refractivity contribution in [1.29, 1.82) is 0 Å². The molecular formula is C12H18F3PS. The second-order valence-corrected chi connectivity index (χ2v) is 8.83. The minimum Gasteiger partial charge on any atom is -0.171 e. The number of halogens is 3. The predicted molar refractivity (Wildman–Crippen MR) is 72.3 cm³/mol. The van der Waals surface area contributed by atoms with Crippen molar-refractivity contribution in [3.05, 3.63) is 23.3 Å². The fourth-order valence-corrected chi connectivity index (χ4v) is 4.55. The Balaban J connectivity index is 2.69. The lowest BCUT2D eigenvalue weighted by Gasteiger charge is -2.24. The van der Waals surface area contributed by atoms with Crippen molar-refractivity contribution >= 4 is 21.2 Å². The van der Waals surface area contributed by atoms with E-state index in [4.69, 9.17) is 0 Å². The van der Waals surface area contributed by atoms with Gasteiger partial charge in [0.05, 0.1) is 5.57 Å². The summed E-state index contributed by atoms with van der Waals surface area (Å²) in [6, 6.07) is 0. The van der Waals surface area contributed by atoms with Crippen molar-refractivity contribution < 1.29 is 13.2 Å². The third-order valence-corrected chi connectivity index (χ3v) is 4.35. The maximum absolute atomic E-state index is 12.7. The van der Waals surface area contributed by atoms with Crippen molar-refractivity contribution in [3.8, 4) is 0 Å². The first kappa shape index (κ1) is 15.1. The van der Waals surface area contributed by atoms with Crippen LogP contribution in [0.5, 0.6) is 0 Å². The summed E-state index contributed by atoms with van der Waals surface area (Å²) >= 11 is 4.42. The molecule has 0 radical (unpaired) electrons. The summed E-state index contributed by atoms with van der Waals surface area (Å²) in [7, 11) is 0.550. The zero-order valence-corrected chi connectivity index (χ0v) is 12.1. The number of allylic oxidation sites excluding steroid dienone is 4. The van der Waals surface area contributed by atoms with Crippen LogP contribution in [0.25, 0.3) is 0 Å². The van der Waals surface area contributed by atoms with Gasteiger partial charge in [0.15, 0.2) is 0 Å². The summed E-state index contributed by atoms with van der Waals surface area (Å²) in [6.45, 7) is 6.25. The number of alkyl halides is 3. The lowest BCUT2D eigenvalue weighted by molar-refractivity contribution is -0.0888. The fourth-order valence-electron chi connectivity index (χ4n) is 1.82. The Labute approximate surface area is 108 Å². The molecule has 0 bridgehead atoms. The second-order valence-electron chi connectivity index (χ2n) is 5.24. The molecule has 0 aromatic carbocycles. The Bertz CT molecular complexity index is 337. The lowest BCUT2D eigenvalue weighted by atomic mass is 10.1. The highest BCUT2D eigenvalue weighted by Gasteiger charge is 2.36. The van der Waals surface area contributed by atoms with E-state index in [1.54, 1.807) is 6.08 Å². The van der Waals surface area contributed by atoms with Crippen LogP contribution >= 0.6 is 21.2 Å². The van der Waals surface area contributed by atoms with Gasteiger partial charge in [0.25, 0.3) is 0 Å². The second kappa shape index (κ2) is 5.36. The first-order valence-electron chi connectivity index (χ1n) is 5.51. The molecule has 2 atom stereocenters. The standard InChI is InChI=1S/C12H18F3PS/c1-11(2,3)16-10(17)7-8-5-4-6-9(8)12(13,14)15/h4,6,10,16-17H,5,7H2,1-3H3. The van der Waals surface area contributed by atoms with E-state index in [2.05, 4.69) is 33.4 Å². The molecule has 0 saturated carbocycles. The highest BCUT2D eigenvalue weighted by atomic mass is 32.1. The van der Waals surface area contributed by atoms with Crippen LogP contribution in [0, 0.1) is 0 Å². The maximum atomic E-state index is 12.7. The number of thiol groups is 1. The first-order chi connectivity index (χ1) is 7.59. The minimum atomic E-state index is -4.22. The molecule has 17 heavy (non-hydrogen) atoms. The number of rotatable bonds is 3. The largest absolute Gasteiger partial charge is 0.416 e. The summed E-state index contributed by atoms with van der Waals surface area (Å²) < 4.78 is 38.0. The topological polar surface area (TPSA) is 0 Å². The molecule has 1 rings (SSSR count). The molecule has 0 saturated heterocycles. The van der Waals surface area contributed by atoms with E-state index in [1.165, 1.54) is 6.08 Å². The Morgan fingerprint density at radius 2 is 1.94 bits per heavy atom. The van der Waals surface area contributed by atoms with Gasteiger partial charge in [-0.3, -0.25) is 0 Å². The van der Waals surface area contributed by atoms with Crippen LogP contribution in [0.4, 0.5) is 13.2 Å². The number of hydrogen-bond donors (Lipinski definition) is 1. The molecule has 0 spiro atoms. The summed E-state index contributed by atoms with van der Waals surface area (Å²) in [5.74, 6) is 0. The Morgan fingerprint density at radius 3 is 2.41 bits per heavy atom. The highest BCUT2D eigenvalue weighted by molar-refractivity contribution is 7.87. The monoisotopic (exact) mass is 282 g/mol. The molecule has 0 amide bonds. The molecular weight excluding hydrogens is 264 g/mol. The molecule has 98 valence electrons. The van der Waals surface area contributed by atoms with Gasteiger partial charge in [-0.05, 0) is 18.0 Å². The molecule has 0 aromatic rings. The normalized spacial score (nSPS) is 19.7. The van der Waals surface area contributed by atoms with E-state index >= 15 is 0 Å². The van der Waals surface area contributed by atoms with E-state index in [0.717, 1.165) is 0 Å². The SMILES string of the molecule is CC(C)(C)PC(S)CC1=C(C(F)(F)F)C=CC1. The molecule has 0 heterocycles. The Morgan fingerprint density at radius 1 is 1.35 bits per heavy atom. The Kier molecular flexibility index (Phi) is 4.76. The molecule has 5 heteroatoms. The van der Waals surface area contributed by atoms with E-state index in [1.807, 2.05) is 0 Å². The van der Waals surface area contributed by atoms with Gasteiger partial charge in [0.1, 0.15) is 0 Å².